The summed E-state index contributed by atoms with van der Waals surface area (Å²) in [6.07, 6.45) is -1.80. The number of aromatic nitrogens is 4. The standard InChI is InChI=1S/C18H24F3N5O/c1-4-9-25-15(10-11(3)23-25)22-17(27)13(5-2)26-14-8-6-7-12(14)16(24-26)18(19,20)21/h10,13H,4-9H2,1-3H3,(H,22,27)/t13-/m1/s1. The van der Waals surface area contributed by atoms with E-state index in [1.807, 2.05) is 13.8 Å². The Kier molecular flexibility index (Phi) is 5.30. The molecule has 0 aliphatic heterocycles. The lowest BCUT2D eigenvalue weighted by Crippen LogP contribution is -2.28. The lowest BCUT2D eigenvalue weighted by molar-refractivity contribution is -0.142. The fraction of sp³-hybridized carbons (Fsp3) is 0.611. The summed E-state index contributed by atoms with van der Waals surface area (Å²) in [6, 6.07) is 0.966. The maximum atomic E-state index is 13.3. The fourth-order valence-corrected chi connectivity index (χ4v) is 3.66. The number of rotatable bonds is 6. The van der Waals surface area contributed by atoms with E-state index in [0.29, 0.717) is 43.7 Å². The van der Waals surface area contributed by atoms with Crippen molar-refractivity contribution in [2.45, 2.75) is 71.6 Å². The van der Waals surface area contributed by atoms with Gasteiger partial charge in [0, 0.05) is 23.9 Å². The minimum atomic E-state index is -4.51. The first-order valence-electron chi connectivity index (χ1n) is 9.29. The van der Waals surface area contributed by atoms with Gasteiger partial charge in [-0.25, -0.2) is 4.68 Å². The number of amides is 1. The molecule has 2 aromatic rings. The van der Waals surface area contributed by atoms with Crippen molar-refractivity contribution in [3.63, 3.8) is 0 Å². The Morgan fingerprint density at radius 1 is 1.30 bits per heavy atom. The van der Waals surface area contributed by atoms with E-state index < -0.39 is 17.9 Å². The van der Waals surface area contributed by atoms with E-state index in [0.717, 1.165) is 12.1 Å². The van der Waals surface area contributed by atoms with Crippen LogP contribution < -0.4 is 5.32 Å². The average Bonchev–Trinajstić information content (AvgIpc) is 3.24. The number of alkyl halides is 3. The van der Waals surface area contributed by atoms with Crippen molar-refractivity contribution < 1.29 is 18.0 Å². The number of fused-ring (bicyclic) bond motifs is 1. The van der Waals surface area contributed by atoms with Crippen LogP contribution in [0.5, 0.6) is 0 Å². The number of halogens is 3. The van der Waals surface area contributed by atoms with Gasteiger partial charge < -0.3 is 5.32 Å². The third-order valence-corrected chi connectivity index (χ3v) is 4.80. The molecule has 1 N–H and O–H groups in total. The van der Waals surface area contributed by atoms with Crippen LogP contribution in [0.15, 0.2) is 6.07 Å². The zero-order valence-corrected chi connectivity index (χ0v) is 15.7. The Bertz CT molecular complexity index is 837. The van der Waals surface area contributed by atoms with Gasteiger partial charge in [0.05, 0.1) is 5.69 Å². The van der Waals surface area contributed by atoms with E-state index in [2.05, 4.69) is 15.5 Å². The van der Waals surface area contributed by atoms with Gasteiger partial charge in [-0.05, 0) is 39.0 Å². The van der Waals surface area contributed by atoms with Crippen molar-refractivity contribution in [2.75, 3.05) is 5.32 Å². The van der Waals surface area contributed by atoms with Gasteiger partial charge in [-0.2, -0.15) is 23.4 Å². The van der Waals surface area contributed by atoms with Crippen LogP contribution in [0, 0.1) is 6.92 Å². The lowest BCUT2D eigenvalue weighted by atomic mass is 10.1. The summed E-state index contributed by atoms with van der Waals surface area (Å²) < 4.78 is 43.0. The Morgan fingerprint density at radius 2 is 2.04 bits per heavy atom. The molecule has 1 atom stereocenters. The normalized spacial score (nSPS) is 15.0. The Labute approximate surface area is 155 Å². The molecule has 0 saturated carbocycles. The number of hydrogen-bond acceptors (Lipinski definition) is 3. The number of anilines is 1. The number of hydrogen-bond donors (Lipinski definition) is 1. The van der Waals surface area contributed by atoms with E-state index >= 15 is 0 Å². The van der Waals surface area contributed by atoms with Gasteiger partial charge in [-0.3, -0.25) is 9.48 Å². The van der Waals surface area contributed by atoms with Gasteiger partial charge in [0.2, 0.25) is 5.91 Å². The molecule has 2 aromatic heterocycles. The van der Waals surface area contributed by atoms with Gasteiger partial charge in [0.15, 0.2) is 5.69 Å². The van der Waals surface area contributed by atoms with E-state index in [1.54, 1.807) is 17.7 Å². The summed E-state index contributed by atoms with van der Waals surface area (Å²) in [4.78, 5) is 12.9. The van der Waals surface area contributed by atoms with E-state index in [-0.39, 0.29) is 11.5 Å². The quantitative estimate of drug-likeness (QED) is 0.823. The predicted molar refractivity (Wildman–Crippen MR) is 94.5 cm³/mol. The Balaban J connectivity index is 1.91. The largest absolute Gasteiger partial charge is 0.435 e. The molecule has 0 spiro atoms. The minimum Gasteiger partial charge on any atom is -0.309 e. The van der Waals surface area contributed by atoms with Gasteiger partial charge in [-0.1, -0.05) is 13.8 Å². The van der Waals surface area contributed by atoms with Crippen LogP contribution >= 0.6 is 0 Å². The summed E-state index contributed by atoms with van der Waals surface area (Å²) >= 11 is 0. The third-order valence-electron chi connectivity index (χ3n) is 4.80. The van der Waals surface area contributed by atoms with Crippen LogP contribution in [0.25, 0.3) is 0 Å². The van der Waals surface area contributed by atoms with Crippen molar-refractivity contribution in [2.24, 2.45) is 0 Å². The number of aryl methyl sites for hydroxylation is 2. The highest BCUT2D eigenvalue weighted by Gasteiger charge is 2.41. The zero-order chi connectivity index (χ0) is 19.8. The van der Waals surface area contributed by atoms with Crippen LogP contribution in [0.3, 0.4) is 0 Å². The van der Waals surface area contributed by atoms with Gasteiger partial charge in [-0.15, -0.1) is 0 Å². The molecule has 0 bridgehead atoms. The summed E-state index contributed by atoms with van der Waals surface area (Å²) in [6.45, 7) is 6.25. The van der Waals surface area contributed by atoms with E-state index in [9.17, 15) is 18.0 Å². The van der Waals surface area contributed by atoms with Crippen LogP contribution in [0.4, 0.5) is 19.0 Å². The molecular formula is C18H24F3N5O. The first-order chi connectivity index (χ1) is 12.8. The van der Waals surface area contributed by atoms with Gasteiger partial charge in [0.1, 0.15) is 11.9 Å². The molecule has 148 valence electrons. The number of nitrogens with one attached hydrogen (secondary N) is 1. The molecule has 9 heteroatoms. The Morgan fingerprint density at radius 3 is 2.67 bits per heavy atom. The van der Waals surface area contributed by atoms with Gasteiger partial charge >= 0.3 is 6.18 Å². The highest BCUT2D eigenvalue weighted by atomic mass is 19.4. The van der Waals surface area contributed by atoms with E-state index in [1.165, 1.54) is 4.68 Å². The number of carbonyl (C=O) groups is 1. The first-order valence-corrected chi connectivity index (χ1v) is 9.29. The monoisotopic (exact) mass is 383 g/mol. The van der Waals surface area contributed by atoms with Crippen LogP contribution in [-0.2, 0) is 30.4 Å². The van der Waals surface area contributed by atoms with E-state index in [4.69, 9.17) is 0 Å². The van der Waals surface area contributed by atoms with Crippen LogP contribution in [-0.4, -0.2) is 25.5 Å². The topological polar surface area (TPSA) is 64.7 Å². The summed E-state index contributed by atoms with van der Waals surface area (Å²) in [5, 5.41) is 11.0. The van der Waals surface area contributed by atoms with Crippen molar-refractivity contribution in [1.82, 2.24) is 19.6 Å². The maximum absolute atomic E-state index is 13.3. The van der Waals surface area contributed by atoms with Crippen molar-refractivity contribution >= 4 is 11.7 Å². The smallest absolute Gasteiger partial charge is 0.309 e. The van der Waals surface area contributed by atoms with Crippen molar-refractivity contribution in [1.29, 1.82) is 0 Å². The molecule has 27 heavy (non-hydrogen) atoms. The summed E-state index contributed by atoms with van der Waals surface area (Å²) in [5.41, 5.74) is 0.683. The minimum absolute atomic E-state index is 0.237. The third kappa shape index (κ3) is 3.72. The second-order valence-electron chi connectivity index (χ2n) is 6.88. The summed E-state index contributed by atoms with van der Waals surface area (Å²) in [5.74, 6) is 0.179. The molecule has 3 rings (SSSR count). The van der Waals surface area contributed by atoms with Crippen molar-refractivity contribution in [3.8, 4) is 0 Å². The molecule has 0 radical (unpaired) electrons. The molecular weight excluding hydrogens is 359 g/mol. The molecule has 1 aliphatic carbocycles. The fourth-order valence-electron chi connectivity index (χ4n) is 3.66. The molecule has 6 nitrogen and oxygen atoms in total. The van der Waals surface area contributed by atoms with Gasteiger partial charge in [0.25, 0.3) is 0 Å². The average molecular weight is 383 g/mol. The first kappa shape index (κ1) is 19.4. The number of carbonyl (C=O) groups excluding carboxylic acids is 1. The van der Waals surface area contributed by atoms with Crippen LogP contribution in [0.2, 0.25) is 0 Å². The lowest BCUT2D eigenvalue weighted by Gasteiger charge is -2.18. The van der Waals surface area contributed by atoms with Crippen molar-refractivity contribution in [3.05, 3.63) is 28.7 Å². The molecule has 0 unspecified atom stereocenters. The zero-order valence-electron chi connectivity index (χ0n) is 15.7. The Hall–Kier alpha value is -2.32. The maximum Gasteiger partial charge on any atom is 0.435 e. The number of nitrogens with zero attached hydrogens (tertiary/aromatic N) is 4. The molecule has 1 aliphatic rings. The molecule has 0 saturated heterocycles. The molecule has 2 heterocycles. The summed E-state index contributed by atoms with van der Waals surface area (Å²) in [7, 11) is 0. The highest BCUT2D eigenvalue weighted by Crippen LogP contribution is 2.38. The second kappa shape index (κ2) is 7.36. The highest BCUT2D eigenvalue weighted by molar-refractivity contribution is 5.93. The SMILES string of the molecule is CCCn1nc(C)cc1NC(=O)[C@@H](CC)n1nc(C(F)(F)F)c2c1CCC2. The second-order valence-corrected chi connectivity index (χ2v) is 6.88. The molecule has 1 amide bonds. The van der Waals surface area contributed by atoms with Crippen LogP contribution in [0.1, 0.15) is 61.8 Å². The molecule has 0 fully saturated rings. The predicted octanol–water partition coefficient (Wildman–Crippen LogP) is 3.90. The molecule has 0 aromatic carbocycles.